The number of hydrogen-bond acceptors (Lipinski definition) is 4. The highest BCUT2D eigenvalue weighted by Gasteiger charge is 2.25. The molecule has 0 aliphatic carbocycles. The summed E-state index contributed by atoms with van der Waals surface area (Å²) in [5, 5.41) is 0. The Morgan fingerprint density at radius 1 is 1.17 bits per heavy atom. The number of aryl methyl sites for hydroxylation is 1. The molecule has 2 heterocycles. The molecule has 0 bridgehead atoms. The van der Waals surface area contributed by atoms with Gasteiger partial charge in [-0.15, -0.1) is 0 Å². The van der Waals surface area contributed by atoms with Crippen LogP contribution in [0.4, 0.5) is 4.39 Å². The first-order valence-electron chi connectivity index (χ1n) is 10.9. The van der Waals surface area contributed by atoms with Gasteiger partial charge in [-0.1, -0.05) is 38.1 Å². The number of rotatable bonds is 7. The second kappa shape index (κ2) is 9.66. The van der Waals surface area contributed by atoms with Crippen LogP contribution in [0, 0.1) is 11.7 Å². The van der Waals surface area contributed by atoms with Crippen molar-refractivity contribution in [1.82, 2.24) is 9.80 Å². The van der Waals surface area contributed by atoms with Gasteiger partial charge in [0.2, 0.25) is 0 Å². The molecule has 29 heavy (non-hydrogen) atoms. The Labute approximate surface area is 175 Å². The summed E-state index contributed by atoms with van der Waals surface area (Å²) in [6.07, 6.45) is 2.88. The van der Waals surface area contributed by atoms with Crippen LogP contribution >= 0.6 is 0 Å². The molecule has 1 unspecified atom stereocenters. The van der Waals surface area contributed by atoms with Crippen LogP contribution in [0.3, 0.4) is 0 Å². The fraction of sp³-hybridized carbons (Fsp3) is 0.583. The van der Waals surface area contributed by atoms with Crippen molar-refractivity contribution < 1.29 is 4.39 Å². The van der Waals surface area contributed by atoms with E-state index < -0.39 is 0 Å². The molecule has 0 radical (unpaired) electrons. The molecule has 0 spiro atoms. The average Bonchev–Trinajstić information content (AvgIpc) is 3.19. The van der Waals surface area contributed by atoms with Crippen LogP contribution in [-0.4, -0.2) is 60.2 Å². The highest BCUT2D eigenvalue weighted by atomic mass is 19.1. The third-order valence-electron chi connectivity index (χ3n) is 6.06. The van der Waals surface area contributed by atoms with E-state index in [0.717, 1.165) is 80.4 Å². The van der Waals surface area contributed by atoms with Crippen LogP contribution in [0.1, 0.15) is 51.7 Å². The van der Waals surface area contributed by atoms with Crippen molar-refractivity contribution in [2.45, 2.75) is 53.0 Å². The maximum Gasteiger partial charge on any atom is 0.128 e. The zero-order valence-corrected chi connectivity index (χ0v) is 18.4. The molecule has 2 aliphatic heterocycles. The lowest BCUT2D eigenvalue weighted by atomic mass is 10.0. The summed E-state index contributed by atoms with van der Waals surface area (Å²) in [6.45, 7) is 17.3. The molecule has 1 aromatic rings. The van der Waals surface area contributed by atoms with Crippen molar-refractivity contribution in [1.29, 1.82) is 0 Å². The molecule has 4 nitrogen and oxygen atoms in total. The summed E-state index contributed by atoms with van der Waals surface area (Å²) in [5.74, 6) is 2.41. The number of hydrogen-bond donors (Lipinski definition) is 0. The van der Waals surface area contributed by atoms with E-state index in [2.05, 4.69) is 42.1 Å². The van der Waals surface area contributed by atoms with E-state index in [1.807, 2.05) is 19.1 Å². The number of nitrogens with zero attached hydrogens (tertiary/aromatic N) is 4. The Hall–Kier alpha value is -2.01. The SMILES string of the molecule is C=C(C)c1ccc(CCCC(C)N2CCN(C3=NC(C(C)C)=NC3)CC2)c(F)c1. The van der Waals surface area contributed by atoms with Gasteiger partial charge in [-0.2, -0.15) is 0 Å². The van der Waals surface area contributed by atoms with Crippen LogP contribution in [-0.2, 0) is 6.42 Å². The Morgan fingerprint density at radius 2 is 1.90 bits per heavy atom. The quantitative estimate of drug-likeness (QED) is 0.669. The molecule has 1 aromatic carbocycles. The predicted octanol–water partition coefficient (Wildman–Crippen LogP) is 4.65. The van der Waals surface area contributed by atoms with Gasteiger partial charge in [0.25, 0.3) is 0 Å². The van der Waals surface area contributed by atoms with E-state index in [1.54, 1.807) is 6.07 Å². The second-order valence-corrected chi connectivity index (χ2v) is 8.71. The first-order chi connectivity index (χ1) is 13.8. The van der Waals surface area contributed by atoms with Gasteiger partial charge in [0.15, 0.2) is 0 Å². The van der Waals surface area contributed by atoms with E-state index in [-0.39, 0.29) is 5.82 Å². The molecule has 3 rings (SSSR count). The molecule has 158 valence electrons. The first-order valence-corrected chi connectivity index (χ1v) is 10.9. The largest absolute Gasteiger partial charge is 0.356 e. The third kappa shape index (κ3) is 5.53. The molecule has 2 aliphatic rings. The summed E-state index contributed by atoms with van der Waals surface area (Å²) in [4.78, 5) is 14.2. The summed E-state index contributed by atoms with van der Waals surface area (Å²) >= 11 is 0. The van der Waals surface area contributed by atoms with E-state index in [0.29, 0.717) is 12.0 Å². The van der Waals surface area contributed by atoms with Gasteiger partial charge in [-0.25, -0.2) is 9.38 Å². The van der Waals surface area contributed by atoms with Crippen LogP contribution < -0.4 is 0 Å². The molecule has 0 amide bonds. The summed E-state index contributed by atoms with van der Waals surface area (Å²) in [7, 11) is 0. The lowest BCUT2D eigenvalue weighted by Gasteiger charge is -2.39. The fourth-order valence-corrected chi connectivity index (χ4v) is 4.04. The summed E-state index contributed by atoms with van der Waals surface area (Å²) < 4.78 is 14.3. The Bertz CT molecular complexity index is 788. The lowest BCUT2D eigenvalue weighted by Crippen LogP contribution is -2.51. The molecule has 5 heteroatoms. The molecule has 0 aromatic heterocycles. The smallest absolute Gasteiger partial charge is 0.128 e. The van der Waals surface area contributed by atoms with Crippen LogP contribution in [0.15, 0.2) is 34.8 Å². The van der Waals surface area contributed by atoms with Crippen molar-refractivity contribution in [3.63, 3.8) is 0 Å². The molecular weight excluding hydrogens is 363 g/mol. The highest BCUT2D eigenvalue weighted by molar-refractivity contribution is 6.03. The van der Waals surface area contributed by atoms with Crippen molar-refractivity contribution in [3.8, 4) is 0 Å². The van der Waals surface area contributed by atoms with Gasteiger partial charge in [0, 0.05) is 38.1 Å². The third-order valence-corrected chi connectivity index (χ3v) is 6.06. The van der Waals surface area contributed by atoms with E-state index >= 15 is 0 Å². The van der Waals surface area contributed by atoms with Crippen molar-refractivity contribution >= 4 is 17.2 Å². The van der Waals surface area contributed by atoms with Crippen LogP contribution in [0.5, 0.6) is 0 Å². The van der Waals surface area contributed by atoms with Gasteiger partial charge < -0.3 is 4.90 Å². The second-order valence-electron chi connectivity index (χ2n) is 8.71. The lowest BCUT2D eigenvalue weighted by molar-refractivity contribution is 0.133. The van der Waals surface area contributed by atoms with Gasteiger partial charge in [-0.3, -0.25) is 9.89 Å². The standard InChI is InChI=1S/C24H35FN4/c1-17(2)21-10-9-20(22(25)15-21)8-6-7-19(5)28-11-13-29(14-12-28)23-16-26-24(27-23)18(3)4/h9-10,15,18-19H,1,6-8,11-14,16H2,2-5H3. The number of allylic oxidation sites excluding steroid dienone is 1. The maximum atomic E-state index is 14.3. The van der Waals surface area contributed by atoms with Crippen LogP contribution in [0.2, 0.25) is 0 Å². The number of aliphatic imine (C=N–C) groups is 2. The van der Waals surface area contributed by atoms with Crippen molar-refractivity contribution in [2.24, 2.45) is 15.9 Å². The minimum atomic E-state index is -0.105. The van der Waals surface area contributed by atoms with Crippen LogP contribution in [0.25, 0.3) is 5.57 Å². The average molecular weight is 399 g/mol. The van der Waals surface area contributed by atoms with Gasteiger partial charge in [-0.05, 0) is 50.3 Å². The minimum Gasteiger partial charge on any atom is -0.356 e. The zero-order valence-electron chi connectivity index (χ0n) is 18.4. The Kier molecular flexibility index (Phi) is 7.23. The number of piperazine rings is 1. The Balaban J connectivity index is 1.42. The fourth-order valence-electron chi connectivity index (χ4n) is 4.04. The van der Waals surface area contributed by atoms with Gasteiger partial charge in [0.05, 0.1) is 6.54 Å². The monoisotopic (exact) mass is 398 g/mol. The van der Waals surface area contributed by atoms with E-state index in [1.165, 1.54) is 0 Å². The van der Waals surface area contributed by atoms with Gasteiger partial charge in [0.1, 0.15) is 17.5 Å². The molecular formula is C24H35FN4. The van der Waals surface area contributed by atoms with Crippen molar-refractivity contribution in [2.75, 3.05) is 32.7 Å². The molecule has 0 saturated carbocycles. The minimum absolute atomic E-state index is 0.105. The molecule has 1 fully saturated rings. The summed E-state index contributed by atoms with van der Waals surface area (Å²) in [5.41, 5.74) is 2.60. The normalized spacial score (nSPS) is 18.8. The van der Waals surface area contributed by atoms with E-state index in [4.69, 9.17) is 4.99 Å². The highest BCUT2D eigenvalue weighted by Crippen LogP contribution is 2.19. The maximum absolute atomic E-state index is 14.3. The van der Waals surface area contributed by atoms with E-state index in [9.17, 15) is 4.39 Å². The Morgan fingerprint density at radius 3 is 2.48 bits per heavy atom. The molecule has 1 atom stereocenters. The van der Waals surface area contributed by atoms with Gasteiger partial charge >= 0.3 is 0 Å². The predicted molar refractivity (Wildman–Crippen MR) is 121 cm³/mol. The van der Waals surface area contributed by atoms with Crippen molar-refractivity contribution in [3.05, 3.63) is 41.7 Å². The number of halogens is 1. The summed E-state index contributed by atoms with van der Waals surface area (Å²) in [6, 6.07) is 6.02. The molecule has 0 N–H and O–H groups in total. The molecule has 1 saturated heterocycles. The number of amidine groups is 2. The zero-order chi connectivity index (χ0) is 21.0. The topological polar surface area (TPSA) is 31.2 Å². The first kappa shape index (κ1) is 21.7. The number of benzene rings is 1.